The molecule has 0 spiro atoms. The largest absolute Gasteiger partial charge is 0.496 e. The molecule has 0 bridgehead atoms. The van der Waals surface area contributed by atoms with Gasteiger partial charge < -0.3 is 4.74 Å². The van der Waals surface area contributed by atoms with Crippen LogP contribution in [0.5, 0.6) is 5.75 Å². The maximum atomic E-state index is 11.3. The van der Waals surface area contributed by atoms with Crippen molar-refractivity contribution in [1.29, 1.82) is 0 Å². The average Bonchev–Trinajstić information content (AvgIpc) is 2.18. The van der Waals surface area contributed by atoms with E-state index in [1.165, 1.54) is 5.56 Å². The number of Topliss-reactive ketones (excluding diaryl/α,β-unsaturated/α-hetero) is 1. The first-order chi connectivity index (χ1) is 6.72. The molecule has 0 saturated heterocycles. The number of halogens is 1. The monoisotopic (exact) mass is 254 g/mol. The fraction of sp³-hybridized carbons (Fsp3) is 0.364. The number of carbonyl (C=O) groups is 1. The molecule has 0 radical (unpaired) electrons. The van der Waals surface area contributed by atoms with Gasteiger partial charge in [-0.1, -0.05) is 15.9 Å². The minimum absolute atomic E-state index is 0.300. The van der Waals surface area contributed by atoms with Crippen LogP contribution in [0.1, 0.15) is 17.5 Å². The summed E-state index contributed by atoms with van der Waals surface area (Å²) in [6.07, 6.45) is 1.99. The molecule has 0 aliphatic heterocycles. The van der Waals surface area contributed by atoms with E-state index in [4.69, 9.17) is 4.74 Å². The molecule has 2 nitrogen and oxygen atoms in total. The Labute approximate surface area is 91.4 Å². The molecule has 3 heteroatoms. The second kappa shape index (κ2) is 3.73. The molecule has 1 aliphatic rings. The van der Waals surface area contributed by atoms with E-state index in [9.17, 15) is 4.79 Å². The van der Waals surface area contributed by atoms with Gasteiger partial charge >= 0.3 is 0 Å². The van der Waals surface area contributed by atoms with E-state index in [0.717, 1.165) is 22.2 Å². The predicted molar refractivity (Wildman–Crippen MR) is 57.7 cm³/mol. The molecule has 0 amide bonds. The fourth-order valence-electron chi connectivity index (χ4n) is 1.85. The van der Waals surface area contributed by atoms with Gasteiger partial charge in [-0.05, 0) is 24.1 Å². The van der Waals surface area contributed by atoms with Crippen molar-refractivity contribution < 1.29 is 9.53 Å². The molecule has 74 valence electrons. The van der Waals surface area contributed by atoms with E-state index < -0.39 is 0 Å². The molecular weight excluding hydrogens is 244 g/mol. The Bertz CT molecular complexity index is 385. The summed E-state index contributed by atoms with van der Waals surface area (Å²) in [4.78, 5) is 11.3. The van der Waals surface area contributed by atoms with Crippen molar-refractivity contribution in [2.24, 2.45) is 0 Å². The van der Waals surface area contributed by atoms with Crippen molar-refractivity contribution in [2.75, 3.05) is 7.11 Å². The quantitative estimate of drug-likeness (QED) is 0.770. The van der Waals surface area contributed by atoms with E-state index >= 15 is 0 Å². The molecule has 0 unspecified atom stereocenters. The molecule has 0 fully saturated rings. The summed E-state index contributed by atoms with van der Waals surface area (Å²) in [6, 6.07) is 3.88. The van der Waals surface area contributed by atoms with Crippen LogP contribution in [0.25, 0.3) is 0 Å². The van der Waals surface area contributed by atoms with Gasteiger partial charge in [0, 0.05) is 22.9 Å². The number of carbonyl (C=O) groups excluding carboxylic acids is 1. The van der Waals surface area contributed by atoms with Crippen molar-refractivity contribution in [3.05, 3.63) is 27.7 Å². The third kappa shape index (κ3) is 1.57. The van der Waals surface area contributed by atoms with Crippen molar-refractivity contribution >= 4 is 21.7 Å². The first-order valence-corrected chi connectivity index (χ1v) is 5.37. The first kappa shape index (κ1) is 9.71. The second-order valence-corrected chi connectivity index (χ2v) is 4.28. The van der Waals surface area contributed by atoms with Crippen LogP contribution in [0.4, 0.5) is 0 Å². The SMILES string of the molecule is COc1ccc(Br)c2c1CC(=O)CC2. The molecule has 2 rings (SSSR count). The third-order valence-electron chi connectivity index (χ3n) is 2.58. The number of hydrogen-bond donors (Lipinski definition) is 0. The summed E-state index contributed by atoms with van der Waals surface area (Å²) in [6.45, 7) is 0. The molecule has 0 saturated carbocycles. The highest BCUT2D eigenvalue weighted by Crippen LogP contribution is 2.33. The van der Waals surface area contributed by atoms with E-state index in [-0.39, 0.29) is 0 Å². The Hall–Kier alpha value is -0.830. The highest BCUT2D eigenvalue weighted by molar-refractivity contribution is 9.10. The van der Waals surface area contributed by atoms with Crippen LogP contribution in [-0.4, -0.2) is 12.9 Å². The van der Waals surface area contributed by atoms with Crippen molar-refractivity contribution in [2.45, 2.75) is 19.3 Å². The van der Waals surface area contributed by atoms with Crippen LogP contribution in [0.3, 0.4) is 0 Å². The fourth-order valence-corrected chi connectivity index (χ4v) is 2.42. The Morgan fingerprint density at radius 1 is 1.29 bits per heavy atom. The second-order valence-electron chi connectivity index (χ2n) is 3.42. The zero-order valence-corrected chi connectivity index (χ0v) is 9.56. The summed E-state index contributed by atoms with van der Waals surface area (Å²) in [5, 5.41) is 0. The summed E-state index contributed by atoms with van der Waals surface area (Å²) in [7, 11) is 1.64. The summed E-state index contributed by atoms with van der Waals surface area (Å²) >= 11 is 3.50. The smallest absolute Gasteiger partial charge is 0.137 e. The molecule has 1 aromatic rings. The summed E-state index contributed by atoms with van der Waals surface area (Å²) < 4.78 is 6.33. The van der Waals surface area contributed by atoms with Gasteiger partial charge in [0.1, 0.15) is 11.5 Å². The van der Waals surface area contributed by atoms with Gasteiger partial charge in [-0.25, -0.2) is 0 Å². The maximum absolute atomic E-state index is 11.3. The van der Waals surface area contributed by atoms with Crippen LogP contribution < -0.4 is 4.74 Å². The zero-order chi connectivity index (χ0) is 10.1. The molecule has 1 aromatic carbocycles. The molecule has 0 N–H and O–H groups in total. The van der Waals surface area contributed by atoms with Crippen LogP contribution in [0.2, 0.25) is 0 Å². The van der Waals surface area contributed by atoms with Crippen molar-refractivity contribution in [1.82, 2.24) is 0 Å². The van der Waals surface area contributed by atoms with E-state index in [1.807, 2.05) is 12.1 Å². The Morgan fingerprint density at radius 3 is 2.79 bits per heavy atom. The van der Waals surface area contributed by atoms with Gasteiger partial charge in [0.25, 0.3) is 0 Å². The number of ketones is 1. The number of benzene rings is 1. The summed E-state index contributed by atoms with van der Waals surface area (Å²) in [5.74, 6) is 1.13. The minimum atomic E-state index is 0.300. The molecule has 0 heterocycles. The van der Waals surface area contributed by atoms with Crippen LogP contribution >= 0.6 is 15.9 Å². The Morgan fingerprint density at radius 2 is 2.07 bits per heavy atom. The summed E-state index contributed by atoms with van der Waals surface area (Å²) in [5.41, 5.74) is 2.28. The van der Waals surface area contributed by atoms with E-state index in [1.54, 1.807) is 7.11 Å². The molecule has 14 heavy (non-hydrogen) atoms. The molecular formula is C11H11BrO2. The van der Waals surface area contributed by atoms with E-state index in [0.29, 0.717) is 18.6 Å². The normalized spacial score (nSPS) is 15.1. The lowest BCUT2D eigenvalue weighted by molar-refractivity contribution is -0.118. The number of rotatable bonds is 1. The van der Waals surface area contributed by atoms with Crippen LogP contribution in [0, 0.1) is 0 Å². The zero-order valence-electron chi connectivity index (χ0n) is 7.97. The average molecular weight is 255 g/mol. The number of methoxy groups -OCH3 is 1. The minimum Gasteiger partial charge on any atom is -0.496 e. The topological polar surface area (TPSA) is 26.3 Å². The van der Waals surface area contributed by atoms with Crippen LogP contribution in [0.15, 0.2) is 16.6 Å². The lowest BCUT2D eigenvalue weighted by Crippen LogP contribution is -2.14. The van der Waals surface area contributed by atoms with Gasteiger partial charge in [0.15, 0.2) is 0 Å². The number of ether oxygens (including phenoxy) is 1. The molecule has 0 aromatic heterocycles. The van der Waals surface area contributed by atoms with Gasteiger partial charge in [0.2, 0.25) is 0 Å². The standard InChI is InChI=1S/C11H11BrO2/c1-14-11-5-4-10(12)8-3-2-7(13)6-9(8)11/h4-5H,2-3,6H2,1H3. The highest BCUT2D eigenvalue weighted by Gasteiger charge is 2.21. The number of fused-ring (bicyclic) bond motifs is 1. The predicted octanol–water partition coefficient (Wildman–Crippen LogP) is 2.52. The number of hydrogen-bond acceptors (Lipinski definition) is 2. The van der Waals surface area contributed by atoms with Crippen molar-refractivity contribution in [3.63, 3.8) is 0 Å². The first-order valence-electron chi connectivity index (χ1n) is 4.58. The van der Waals surface area contributed by atoms with Gasteiger partial charge in [0.05, 0.1) is 7.11 Å². The highest BCUT2D eigenvalue weighted by atomic mass is 79.9. The lowest BCUT2D eigenvalue weighted by atomic mass is 9.90. The van der Waals surface area contributed by atoms with Gasteiger partial charge in [-0.2, -0.15) is 0 Å². The van der Waals surface area contributed by atoms with Gasteiger partial charge in [-0.15, -0.1) is 0 Å². The van der Waals surface area contributed by atoms with E-state index in [2.05, 4.69) is 15.9 Å². The Balaban J connectivity index is 2.54. The van der Waals surface area contributed by atoms with Crippen molar-refractivity contribution in [3.8, 4) is 5.75 Å². The lowest BCUT2D eigenvalue weighted by Gasteiger charge is -2.19. The Kier molecular flexibility index (Phi) is 2.59. The maximum Gasteiger partial charge on any atom is 0.137 e. The molecule has 0 atom stereocenters. The van der Waals surface area contributed by atoms with Crippen LogP contribution in [-0.2, 0) is 17.6 Å². The molecule has 1 aliphatic carbocycles. The van der Waals surface area contributed by atoms with Gasteiger partial charge in [-0.3, -0.25) is 4.79 Å². The third-order valence-corrected chi connectivity index (χ3v) is 3.32.